The molecule has 0 radical (unpaired) electrons. The van der Waals surface area contributed by atoms with Crippen molar-refractivity contribution in [3.8, 4) is 0 Å². The Labute approximate surface area is 166 Å². The average molecular weight is 442 g/mol. The minimum absolute atomic E-state index is 0.0286. The normalized spacial score (nSPS) is 21.7. The molecule has 4 rings (SSSR count). The van der Waals surface area contributed by atoms with Crippen LogP contribution in [0.3, 0.4) is 0 Å². The van der Waals surface area contributed by atoms with Gasteiger partial charge in [-0.15, -0.1) is 0 Å². The Bertz CT molecular complexity index is 1090. The van der Waals surface area contributed by atoms with Crippen LogP contribution in [0.2, 0.25) is 0 Å². The molecule has 27 heavy (non-hydrogen) atoms. The molecule has 0 bridgehead atoms. The highest BCUT2D eigenvalue weighted by molar-refractivity contribution is 9.10. The highest BCUT2D eigenvalue weighted by Gasteiger charge is 2.53. The zero-order valence-electron chi connectivity index (χ0n) is 14.2. The molecule has 1 saturated heterocycles. The number of hydrogen-bond donors (Lipinski definition) is 0. The lowest BCUT2D eigenvalue weighted by molar-refractivity contribution is -0.126. The number of benzene rings is 2. The fourth-order valence-corrected chi connectivity index (χ4v) is 5.19. The molecule has 2 aromatic rings. The molecule has 2 aliphatic rings. The number of halogens is 1. The van der Waals surface area contributed by atoms with Gasteiger partial charge in [0.15, 0.2) is 0 Å². The third-order valence-electron chi connectivity index (χ3n) is 4.88. The van der Waals surface area contributed by atoms with Crippen molar-refractivity contribution < 1.29 is 13.2 Å². The summed E-state index contributed by atoms with van der Waals surface area (Å²) in [5, 5.41) is 0. The first kappa shape index (κ1) is 17.9. The molecule has 0 aromatic heterocycles. The van der Waals surface area contributed by atoms with Crippen molar-refractivity contribution in [2.24, 2.45) is 0 Å². The van der Waals surface area contributed by atoms with Crippen molar-refractivity contribution >= 4 is 31.9 Å². The van der Waals surface area contributed by atoms with Crippen molar-refractivity contribution in [3.63, 3.8) is 0 Å². The first-order valence-electron chi connectivity index (χ1n) is 8.40. The maximum Gasteiger partial charge on any atom is 0.266 e. The molecule has 136 valence electrons. The van der Waals surface area contributed by atoms with Gasteiger partial charge in [-0.25, -0.2) is 12.7 Å². The van der Waals surface area contributed by atoms with Crippen LogP contribution in [0.5, 0.6) is 0 Å². The van der Waals surface area contributed by atoms with Gasteiger partial charge in [0.1, 0.15) is 5.41 Å². The molecule has 6 heteroatoms. The molecule has 1 heterocycles. The van der Waals surface area contributed by atoms with Gasteiger partial charge in [0.05, 0.1) is 11.4 Å². The Morgan fingerprint density at radius 1 is 0.926 bits per heavy atom. The Hall–Kier alpha value is -2.44. The third-order valence-corrected chi connectivity index (χ3v) is 7.15. The minimum atomic E-state index is -3.96. The first-order chi connectivity index (χ1) is 13.0. The van der Waals surface area contributed by atoms with Gasteiger partial charge in [0, 0.05) is 4.47 Å². The summed E-state index contributed by atoms with van der Waals surface area (Å²) in [6.07, 6.45) is 9.10. The first-order valence-corrected chi connectivity index (χ1v) is 10.6. The summed E-state index contributed by atoms with van der Waals surface area (Å²) in [5.41, 5.74) is 0.395. The van der Waals surface area contributed by atoms with Crippen LogP contribution in [0.25, 0.3) is 0 Å². The summed E-state index contributed by atoms with van der Waals surface area (Å²) < 4.78 is 28.1. The fraction of sp³-hybridized carbons (Fsp3) is 0.0952. The van der Waals surface area contributed by atoms with E-state index in [0.717, 1.165) is 19.9 Å². The summed E-state index contributed by atoms with van der Waals surface area (Å²) in [6, 6.07) is 15.6. The van der Waals surface area contributed by atoms with E-state index in [1.54, 1.807) is 24.3 Å². The van der Waals surface area contributed by atoms with E-state index >= 15 is 0 Å². The van der Waals surface area contributed by atoms with Gasteiger partial charge in [-0.2, -0.15) is 0 Å². The number of carbonyl (C=O) groups is 1. The molecule has 1 fully saturated rings. The Balaban J connectivity index is 1.86. The van der Waals surface area contributed by atoms with Crippen LogP contribution in [0.1, 0.15) is 5.56 Å². The van der Waals surface area contributed by atoms with Gasteiger partial charge in [0.2, 0.25) is 0 Å². The number of carbonyl (C=O) groups excluding carboxylic acids is 1. The quantitative estimate of drug-likeness (QED) is 0.723. The zero-order chi connectivity index (χ0) is 19.1. The minimum Gasteiger partial charge on any atom is -0.272 e. The van der Waals surface area contributed by atoms with Crippen LogP contribution in [0.4, 0.5) is 0 Å². The molecule has 1 amide bonds. The molecule has 1 aliphatic carbocycles. The van der Waals surface area contributed by atoms with E-state index in [-0.39, 0.29) is 11.4 Å². The lowest BCUT2D eigenvalue weighted by Gasteiger charge is -2.25. The van der Waals surface area contributed by atoms with Gasteiger partial charge < -0.3 is 0 Å². The number of fused-ring (bicyclic) bond motifs is 1. The number of nitrogens with zero attached hydrogens (tertiary/aromatic N) is 1. The lowest BCUT2D eigenvalue weighted by Crippen LogP contribution is -2.40. The van der Waals surface area contributed by atoms with Crippen LogP contribution < -0.4 is 0 Å². The van der Waals surface area contributed by atoms with E-state index in [9.17, 15) is 13.2 Å². The predicted octanol–water partition coefficient (Wildman–Crippen LogP) is 3.97. The second-order valence-corrected chi connectivity index (χ2v) is 9.16. The van der Waals surface area contributed by atoms with Crippen LogP contribution in [0, 0.1) is 0 Å². The molecule has 2 aromatic carbocycles. The second kappa shape index (κ2) is 6.62. The van der Waals surface area contributed by atoms with Crippen molar-refractivity contribution in [1.29, 1.82) is 0 Å². The molecule has 0 spiro atoms. The largest absolute Gasteiger partial charge is 0.272 e. The summed E-state index contributed by atoms with van der Waals surface area (Å²) in [5.74, 6) is -0.456. The van der Waals surface area contributed by atoms with Crippen molar-refractivity contribution in [3.05, 3.63) is 101 Å². The Morgan fingerprint density at radius 2 is 1.63 bits per heavy atom. The predicted molar refractivity (Wildman–Crippen MR) is 108 cm³/mol. The van der Waals surface area contributed by atoms with E-state index in [4.69, 9.17) is 0 Å². The SMILES string of the molecule is O=C1N(S(=O)(=O)c2ccc(Br)cc2)CC2=CC=CC=C[C@]12c1ccccc1. The number of amides is 1. The van der Waals surface area contributed by atoms with Crippen LogP contribution >= 0.6 is 15.9 Å². The van der Waals surface area contributed by atoms with Gasteiger partial charge in [-0.05, 0) is 35.4 Å². The molecule has 0 saturated carbocycles. The molecule has 4 nitrogen and oxygen atoms in total. The Morgan fingerprint density at radius 3 is 2.33 bits per heavy atom. The average Bonchev–Trinajstić information content (AvgIpc) is 2.82. The van der Waals surface area contributed by atoms with E-state index in [0.29, 0.717) is 0 Å². The number of sulfonamides is 1. The number of hydrogen-bond acceptors (Lipinski definition) is 3. The Kier molecular flexibility index (Phi) is 4.40. The lowest BCUT2D eigenvalue weighted by atomic mass is 9.75. The van der Waals surface area contributed by atoms with Crippen LogP contribution in [0.15, 0.2) is 99.9 Å². The van der Waals surface area contributed by atoms with Crippen LogP contribution in [-0.2, 0) is 20.2 Å². The molecule has 1 atom stereocenters. The third kappa shape index (κ3) is 2.80. The number of allylic oxidation sites excluding steroid dienone is 4. The monoisotopic (exact) mass is 441 g/mol. The molecule has 1 aliphatic heterocycles. The molecule has 0 N–H and O–H groups in total. The smallest absolute Gasteiger partial charge is 0.266 e. The van der Waals surface area contributed by atoms with Gasteiger partial charge in [-0.3, -0.25) is 4.79 Å². The standard InChI is InChI=1S/C21H16BrNO3S/c22-18-10-12-19(13-11-18)27(25,26)23-15-17-9-5-2-6-14-21(17,20(23)24)16-7-3-1-4-8-16/h1-14H,15H2/t21-/m1/s1. The summed E-state index contributed by atoms with van der Waals surface area (Å²) >= 11 is 3.30. The maximum absolute atomic E-state index is 13.5. The molecular weight excluding hydrogens is 426 g/mol. The van der Waals surface area contributed by atoms with E-state index in [1.165, 1.54) is 12.1 Å². The van der Waals surface area contributed by atoms with Gasteiger partial charge in [0.25, 0.3) is 15.9 Å². The zero-order valence-corrected chi connectivity index (χ0v) is 16.7. The van der Waals surface area contributed by atoms with E-state index < -0.39 is 21.3 Å². The van der Waals surface area contributed by atoms with E-state index in [2.05, 4.69) is 15.9 Å². The van der Waals surface area contributed by atoms with Gasteiger partial charge in [-0.1, -0.05) is 76.6 Å². The molecular formula is C21H16BrNO3S. The van der Waals surface area contributed by atoms with Crippen molar-refractivity contribution in [2.45, 2.75) is 10.3 Å². The van der Waals surface area contributed by atoms with Crippen molar-refractivity contribution in [2.75, 3.05) is 6.54 Å². The summed E-state index contributed by atoms with van der Waals surface area (Å²) in [7, 11) is -3.96. The highest BCUT2D eigenvalue weighted by atomic mass is 79.9. The van der Waals surface area contributed by atoms with Gasteiger partial charge >= 0.3 is 0 Å². The highest BCUT2D eigenvalue weighted by Crippen LogP contribution is 2.44. The fourth-order valence-electron chi connectivity index (χ4n) is 3.52. The van der Waals surface area contributed by atoms with E-state index in [1.807, 2.05) is 48.6 Å². The van der Waals surface area contributed by atoms with Crippen molar-refractivity contribution in [1.82, 2.24) is 4.31 Å². The summed E-state index contributed by atoms with van der Waals surface area (Å²) in [4.78, 5) is 13.6. The van der Waals surface area contributed by atoms with Crippen LogP contribution in [-0.4, -0.2) is 25.2 Å². The second-order valence-electron chi connectivity index (χ2n) is 6.38. The number of rotatable bonds is 3. The molecule has 0 unspecified atom stereocenters. The summed E-state index contributed by atoms with van der Waals surface area (Å²) in [6.45, 7) is 0.0286. The topological polar surface area (TPSA) is 54.5 Å². The maximum atomic E-state index is 13.5.